The summed E-state index contributed by atoms with van der Waals surface area (Å²) in [6, 6.07) is 35.8. The van der Waals surface area contributed by atoms with E-state index in [-0.39, 0.29) is 0 Å². The highest BCUT2D eigenvalue weighted by Crippen LogP contribution is 2.30. The molecular formula is C26H20Cl2N2. The van der Waals surface area contributed by atoms with Crippen LogP contribution in [0.3, 0.4) is 0 Å². The Morgan fingerprint density at radius 1 is 0.433 bits per heavy atom. The number of anilines is 2. The summed E-state index contributed by atoms with van der Waals surface area (Å²) in [7, 11) is 0. The van der Waals surface area contributed by atoms with Crippen LogP contribution in [0.1, 0.15) is 11.1 Å². The van der Waals surface area contributed by atoms with Crippen LogP contribution >= 0.6 is 23.2 Å². The highest BCUT2D eigenvalue weighted by Gasteiger charge is 2.13. The molecular weight excluding hydrogens is 411 g/mol. The van der Waals surface area contributed by atoms with E-state index < -0.39 is 0 Å². The summed E-state index contributed by atoms with van der Waals surface area (Å²) in [5, 5.41) is 8.57. The van der Waals surface area contributed by atoms with Crippen molar-refractivity contribution in [2.45, 2.75) is 0 Å². The molecule has 0 heterocycles. The normalized spacial score (nSPS) is 11.5. The van der Waals surface area contributed by atoms with Gasteiger partial charge in [0.1, 0.15) is 0 Å². The van der Waals surface area contributed by atoms with Crippen LogP contribution in [0.15, 0.2) is 109 Å². The molecule has 0 fully saturated rings. The summed E-state index contributed by atoms with van der Waals surface area (Å²) < 4.78 is 0. The number of hydrogen-bond donors (Lipinski definition) is 2. The van der Waals surface area contributed by atoms with Gasteiger partial charge in [-0.3, -0.25) is 0 Å². The SMILES string of the molecule is Clc1ccc(/C(Nc2ccccc2)=C(/Nc2ccccc2)c2ccc(Cl)cc2)cc1. The van der Waals surface area contributed by atoms with Crippen LogP contribution in [0.4, 0.5) is 11.4 Å². The van der Waals surface area contributed by atoms with Crippen LogP contribution in [0.5, 0.6) is 0 Å². The molecule has 4 aromatic carbocycles. The molecule has 0 saturated carbocycles. The molecule has 0 atom stereocenters. The van der Waals surface area contributed by atoms with Gasteiger partial charge in [0, 0.05) is 32.5 Å². The first-order chi connectivity index (χ1) is 14.7. The number of hydrogen-bond acceptors (Lipinski definition) is 2. The highest BCUT2D eigenvalue weighted by molar-refractivity contribution is 6.31. The Hall–Kier alpha value is -3.20. The van der Waals surface area contributed by atoms with Crippen molar-refractivity contribution in [1.82, 2.24) is 0 Å². The Balaban J connectivity index is 1.90. The van der Waals surface area contributed by atoms with Gasteiger partial charge in [0.15, 0.2) is 0 Å². The molecule has 0 saturated heterocycles. The smallest absolute Gasteiger partial charge is 0.0703 e. The minimum absolute atomic E-state index is 0.696. The molecule has 148 valence electrons. The van der Waals surface area contributed by atoms with Gasteiger partial charge in [-0.1, -0.05) is 83.9 Å². The largest absolute Gasteiger partial charge is 0.353 e. The maximum atomic E-state index is 6.15. The second kappa shape index (κ2) is 9.53. The predicted molar refractivity (Wildman–Crippen MR) is 130 cm³/mol. The van der Waals surface area contributed by atoms with Crippen LogP contribution in [0.2, 0.25) is 10.0 Å². The average Bonchev–Trinajstić information content (AvgIpc) is 2.79. The molecule has 2 N–H and O–H groups in total. The maximum absolute atomic E-state index is 6.15. The van der Waals surface area contributed by atoms with Crippen LogP contribution in [-0.2, 0) is 0 Å². The van der Waals surface area contributed by atoms with E-state index in [0.717, 1.165) is 33.9 Å². The monoisotopic (exact) mass is 430 g/mol. The van der Waals surface area contributed by atoms with Gasteiger partial charge in [-0.05, 0) is 48.5 Å². The zero-order valence-electron chi connectivity index (χ0n) is 16.1. The zero-order valence-corrected chi connectivity index (χ0v) is 17.7. The molecule has 0 amide bonds. The molecule has 30 heavy (non-hydrogen) atoms. The molecule has 0 bridgehead atoms. The van der Waals surface area contributed by atoms with Crippen molar-refractivity contribution < 1.29 is 0 Å². The van der Waals surface area contributed by atoms with Gasteiger partial charge in [-0.15, -0.1) is 0 Å². The molecule has 0 aromatic heterocycles. The van der Waals surface area contributed by atoms with Crippen LogP contribution in [-0.4, -0.2) is 0 Å². The lowest BCUT2D eigenvalue weighted by Crippen LogP contribution is -2.09. The average molecular weight is 431 g/mol. The Bertz CT molecular complexity index is 1030. The fourth-order valence-electron chi connectivity index (χ4n) is 3.12. The second-order valence-corrected chi connectivity index (χ2v) is 7.62. The quantitative estimate of drug-likeness (QED) is 0.302. The molecule has 4 rings (SSSR count). The van der Waals surface area contributed by atoms with Crippen molar-refractivity contribution in [2.24, 2.45) is 0 Å². The molecule has 4 heteroatoms. The summed E-state index contributed by atoms with van der Waals surface area (Å²) in [5.74, 6) is 0. The molecule has 0 aliphatic carbocycles. The standard InChI is InChI=1S/C26H20Cl2N2/c27-21-15-11-19(12-16-21)25(29-23-7-3-1-4-8-23)26(20-13-17-22(28)18-14-20)30-24-9-5-2-6-10-24/h1-18,29-30H/b26-25-. The molecule has 0 spiro atoms. The maximum Gasteiger partial charge on any atom is 0.0703 e. The summed E-state index contributed by atoms with van der Waals surface area (Å²) in [5.41, 5.74) is 5.87. The molecule has 0 unspecified atom stereocenters. The Kier molecular flexibility index (Phi) is 6.38. The first kappa shape index (κ1) is 20.1. The summed E-state index contributed by atoms with van der Waals surface area (Å²) >= 11 is 12.3. The van der Waals surface area contributed by atoms with Crippen molar-refractivity contribution in [3.8, 4) is 0 Å². The van der Waals surface area contributed by atoms with Crippen LogP contribution in [0.25, 0.3) is 11.4 Å². The van der Waals surface area contributed by atoms with Crippen molar-refractivity contribution in [3.63, 3.8) is 0 Å². The van der Waals surface area contributed by atoms with Gasteiger partial charge in [0.25, 0.3) is 0 Å². The molecule has 0 aliphatic rings. The fraction of sp³-hybridized carbons (Fsp3) is 0. The summed E-state index contributed by atoms with van der Waals surface area (Å²) in [4.78, 5) is 0. The van der Waals surface area contributed by atoms with Gasteiger partial charge in [0.05, 0.1) is 11.4 Å². The number of halogens is 2. The third-order valence-corrected chi connectivity index (χ3v) is 5.11. The molecule has 0 radical (unpaired) electrons. The highest BCUT2D eigenvalue weighted by atomic mass is 35.5. The van der Waals surface area contributed by atoms with E-state index in [1.165, 1.54) is 0 Å². The topological polar surface area (TPSA) is 24.1 Å². The third-order valence-electron chi connectivity index (χ3n) is 4.60. The van der Waals surface area contributed by atoms with E-state index in [2.05, 4.69) is 10.6 Å². The van der Waals surface area contributed by atoms with E-state index >= 15 is 0 Å². The van der Waals surface area contributed by atoms with Crippen molar-refractivity contribution in [2.75, 3.05) is 10.6 Å². The zero-order chi connectivity index (χ0) is 20.8. The van der Waals surface area contributed by atoms with Gasteiger partial charge in [0.2, 0.25) is 0 Å². The first-order valence-corrected chi connectivity index (χ1v) is 10.3. The van der Waals surface area contributed by atoms with Crippen LogP contribution in [0, 0.1) is 0 Å². The minimum atomic E-state index is 0.696. The molecule has 4 aromatic rings. The molecule has 0 aliphatic heterocycles. The van der Waals surface area contributed by atoms with Gasteiger partial charge >= 0.3 is 0 Å². The molecule has 2 nitrogen and oxygen atoms in total. The van der Waals surface area contributed by atoms with Gasteiger partial charge < -0.3 is 10.6 Å². The summed E-state index contributed by atoms with van der Waals surface area (Å²) in [6.45, 7) is 0. The minimum Gasteiger partial charge on any atom is -0.353 e. The number of rotatable bonds is 6. The van der Waals surface area contributed by atoms with Crippen LogP contribution < -0.4 is 10.6 Å². The van der Waals surface area contributed by atoms with E-state index in [4.69, 9.17) is 23.2 Å². The Labute approximate surface area is 186 Å². The Morgan fingerprint density at radius 3 is 1.10 bits per heavy atom. The first-order valence-electron chi connectivity index (χ1n) is 9.59. The van der Waals surface area contributed by atoms with Crippen molar-refractivity contribution in [1.29, 1.82) is 0 Å². The lowest BCUT2D eigenvalue weighted by atomic mass is 10.0. The van der Waals surface area contributed by atoms with E-state index in [1.54, 1.807) is 0 Å². The van der Waals surface area contributed by atoms with Crippen molar-refractivity contribution in [3.05, 3.63) is 130 Å². The van der Waals surface area contributed by atoms with E-state index in [0.29, 0.717) is 10.0 Å². The second-order valence-electron chi connectivity index (χ2n) is 6.75. The van der Waals surface area contributed by atoms with Gasteiger partial charge in [-0.25, -0.2) is 0 Å². The predicted octanol–water partition coefficient (Wildman–Crippen LogP) is 8.04. The van der Waals surface area contributed by atoms with Crippen molar-refractivity contribution >= 4 is 46.0 Å². The lowest BCUT2D eigenvalue weighted by Gasteiger charge is -2.20. The number of para-hydroxylation sites is 2. The van der Waals surface area contributed by atoms with Gasteiger partial charge in [-0.2, -0.15) is 0 Å². The summed E-state index contributed by atoms with van der Waals surface area (Å²) in [6.07, 6.45) is 0. The number of benzene rings is 4. The third kappa shape index (κ3) is 5.04. The number of nitrogens with one attached hydrogen (secondary N) is 2. The Morgan fingerprint density at radius 2 is 0.767 bits per heavy atom. The van der Waals surface area contributed by atoms with E-state index in [1.807, 2.05) is 109 Å². The fourth-order valence-corrected chi connectivity index (χ4v) is 3.37. The lowest BCUT2D eigenvalue weighted by molar-refractivity contribution is 1.48. The van der Waals surface area contributed by atoms with E-state index in [9.17, 15) is 0 Å².